The highest BCUT2D eigenvalue weighted by Crippen LogP contribution is 2.21. The topological polar surface area (TPSA) is 28.2 Å². The van der Waals surface area contributed by atoms with Gasteiger partial charge in [-0.1, -0.05) is 25.3 Å². The Morgan fingerprint density at radius 1 is 1.26 bits per heavy atom. The number of nitrogens with zero attached hydrogens (tertiary/aromatic N) is 2. The summed E-state index contributed by atoms with van der Waals surface area (Å²) in [5, 5.41) is 3.41. The third kappa shape index (κ3) is 4.83. The van der Waals surface area contributed by atoms with Crippen molar-refractivity contribution < 1.29 is 0 Å². The van der Waals surface area contributed by atoms with Crippen LogP contribution < -0.4 is 5.32 Å². The third-order valence-electron chi connectivity index (χ3n) is 4.08. The average Bonchev–Trinajstić information content (AvgIpc) is 2.44. The first-order chi connectivity index (χ1) is 9.25. The van der Waals surface area contributed by atoms with Gasteiger partial charge in [-0.2, -0.15) is 0 Å². The lowest BCUT2D eigenvalue weighted by molar-refractivity contribution is 0.191. The van der Waals surface area contributed by atoms with E-state index in [1.807, 2.05) is 19.1 Å². The van der Waals surface area contributed by atoms with Crippen LogP contribution in [0.5, 0.6) is 0 Å². The maximum absolute atomic E-state index is 4.45. The quantitative estimate of drug-likeness (QED) is 0.795. The van der Waals surface area contributed by atoms with Gasteiger partial charge in [0.2, 0.25) is 0 Å². The first kappa shape index (κ1) is 14.3. The third-order valence-corrected chi connectivity index (χ3v) is 4.08. The Labute approximate surface area is 117 Å². The van der Waals surface area contributed by atoms with Crippen LogP contribution in [0.4, 0.5) is 5.82 Å². The predicted octanol–water partition coefficient (Wildman–Crippen LogP) is 3.46. The van der Waals surface area contributed by atoms with Crippen molar-refractivity contribution in [2.45, 2.75) is 51.5 Å². The van der Waals surface area contributed by atoms with E-state index in [4.69, 9.17) is 0 Å². The van der Waals surface area contributed by atoms with E-state index in [9.17, 15) is 0 Å². The van der Waals surface area contributed by atoms with Crippen molar-refractivity contribution in [1.82, 2.24) is 9.88 Å². The lowest BCUT2D eigenvalue weighted by Gasteiger charge is -2.31. The molecule has 1 saturated carbocycles. The second-order valence-corrected chi connectivity index (χ2v) is 5.72. The number of anilines is 1. The lowest BCUT2D eigenvalue weighted by Crippen LogP contribution is -2.34. The SMILES string of the molecule is Cc1cccc(NCCCN(C)C2CCCCC2)n1. The molecule has 3 heteroatoms. The molecule has 1 fully saturated rings. The maximum Gasteiger partial charge on any atom is 0.126 e. The van der Waals surface area contributed by atoms with Crippen LogP contribution in [0.3, 0.4) is 0 Å². The molecule has 19 heavy (non-hydrogen) atoms. The van der Waals surface area contributed by atoms with E-state index >= 15 is 0 Å². The largest absolute Gasteiger partial charge is 0.370 e. The molecule has 1 aromatic heterocycles. The summed E-state index contributed by atoms with van der Waals surface area (Å²) in [5.41, 5.74) is 1.07. The van der Waals surface area contributed by atoms with Crippen LogP contribution in [0, 0.1) is 6.92 Å². The molecule has 1 aliphatic carbocycles. The Balaban J connectivity index is 1.63. The van der Waals surface area contributed by atoms with Gasteiger partial charge in [-0.05, 0) is 51.9 Å². The van der Waals surface area contributed by atoms with Gasteiger partial charge in [0.05, 0.1) is 0 Å². The summed E-state index contributed by atoms with van der Waals surface area (Å²) in [4.78, 5) is 7.00. The van der Waals surface area contributed by atoms with Crippen LogP contribution in [0.1, 0.15) is 44.2 Å². The fourth-order valence-electron chi connectivity index (χ4n) is 2.89. The summed E-state index contributed by atoms with van der Waals surface area (Å²) < 4.78 is 0. The van der Waals surface area contributed by atoms with Crippen molar-refractivity contribution in [3.63, 3.8) is 0 Å². The predicted molar refractivity (Wildman–Crippen MR) is 81.6 cm³/mol. The molecular weight excluding hydrogens is 234 g/mol. The van der Waals surface area contributed by atoms with Gasteiger partial charge in [-0.3, -0.25) is 0 Å². The van der Waals surface area contributed by atoms with Crippen molar-refractivity contribution in [2.75, 3.05) is 25.5 Å². The Kier molecular flexibility index (Phi) is 5.64. The maximum atomic E-state index is 4.45. The van der Waals surface area contributed by atoms with E-state index in [0.29, 0.717) is 0 Å². The number of aryl methyl sites for hydroxylation is 1. The van der Waals surface area contributed by atoms with Gasteiger partial charge in [0, 0.05) is 18.3 Å². The zero-order valence-electron chi connectivity index (χ0n) is 12.4. The lowest BCUT2D eigenvalue weighted by atomic mass is 9.94. The van der Waals surface area contributed by atoms with E-state index in [2.05, 4.69) is 28.3 Å². The molecule has 3 nitrogen and oxygen atoms in total. The summed E-state index contributed by atoms with van der Waals surface area (Å²) in [6.07, 6.45) is 8.24. The number of rotatable bonds is 6. The van der Waals surface area contributed by atoms with Crippen molar-refractivity contribution in [2.24, 2.45) is 0 Å². The monoisotopic (exact) mass is 261 g/mol. The number of hydrogen-bond acceptors (Lipinski definition) is 3. The molecule has 0 unspecified atom stereocenters. The van der Waals surface area contributed by atoms with E-state index < -0.39 is 0 Å². The molecule has 0 spiro atoms. The van der Waals surface area contributed by atoms with E-state index in [-0.39, 0.29) is 0 Å². The van der Waals surface area contributed by atoms with Gasteiger partial charge in [-0.15, -0.1) is 0 Å². The molecule has 0 bridgehead atoms. The van der Waals surface area contributed by atoms with Crippen LogP contribution in [0.25, 0.3) is 0 Å². The molecule has 0 aromatic carbocycles. The highest BCUT2D eigenvalue weighted by atomic mass is 15.1. The number of aromatic nitrogens is 1. The van der Waals surface area contributed by atoms with Gasteiger partial charge in [0.1, 0.15) is 5.82 Å². The minimum atomic E-state index is 0.825. The fourth-order valence-corrected chi connectivity index (χ4v) is 2.89. The molecule has 0 amide bonds. The second kappa shape index (κ2) is 7.49. The van der Waals surface area contributed by atoms with Gasteiger partial charge in [0.25, 0.3) is 0 Å². The van der Waals surface area contributed by atoms with Crippen LogP contribution in [-0.2, 0) is 0 Å². The van der Waals surface area contributed by atoms with Crippen molar-refractivity contribution in [3.8, 4) is 0 Å². The molecule has 2 rings (SSSR count). The normalized spacial score (nSPS) is 16.8. The number of pyridine rings is 1. The van der Waals surface area contributed by atoms with E-state index in [1.54, 1.807) is 0 Å². The molecule has 1 aliphatic rings. The van der Waals surface area contributed by atoms with Gasteiger partial charge >= 0.3 is 0 Å². The van der Waals surface area contributed by atoms with Crippen LogP contribution in [0.2, 0.25) is 0 Å². The Hall–Kier alpha value is -1.09. The Morgan fingerprint density at radius 2 is 2.05 bits per heavy atom. The molecule has 0 atom stereocenters. The summed E-state index contributed by atoms with van der Waals surface area (Å²) in [6, 6.07) is 6.95. The Morgan fingerprint density at radius 3 is 2.79 bits per heavy atom. The molecule has 0 saturated heterocycles. The van der Waals surface area contributed by atoms with Gasteiger partial charge in [0.15, 0.2) is 0 Å². The van der Waals surface area contributed by atoms with Crippen molar-refractivity contribution in [3.05, 3.63) is 23.9 Å². The molecule has 106 valence electrons. The summed E-state index contributed by atoms with van der Waals surface area (Å²) in [6.45, 7) is 4.22. The molecule has 1 aromatic rings. The van der Waals surface area contributed by atoms with Crippen LogP contribution >= 0.6 is 0 Å². The van der Waals surface area contributed by atoms with Gasteiger partial charge < -0.3 is 10.2 Å². The summed E-state index contributed by atoms with van der Waals surface area (Å²) in [5.74, 6) is 1.00. The van der Waals surface area contributed by atoms with Crippen LogP contribution in [0.15, 0.2) is 18.2 Å². The van der Waals surface area contributed by atoms with E-state index in [0.717, 1.165) is 24.1 Å². The second-order valence-electron chi connectivity index (χ2n) is 5.72. The highest BCUT2D eigenvalue weighted by molar-refractivity contribution is 5.34. The van der Waals surface area contributed by atoms with Gasteiger partial charge in [-0.25, -0.2) is 4.98 Å². The smallest absolute Gasteiger partial charge is 0.126 e. The molecule has 0 radical (unpaired) electrons. The number of nitrogens with one attached hydrogen (secondary N) is 1. The van der Waals surface area contributed by atoms with Crippen molar-refractivity contribution >= 4 is 5.82 Å². The minimum absolute atomic E-state index is 0.825. The summed E-state index contributed by atoms with van der Waals surface area (Å²) >= 11 is 0. The zero-order valence-corrected chi connectivity index (χ0v) is 12.4. The minimum Gasteiger partial charge on any atom is -0.370 e. The van der Waals surface area contributed by atoms with Crippen molar-refractivity contribution in [1.29, 1.82) is 0 Å². The average molecular weight is 261 g/mol. The zero-order chi connectivity index (χ0) is 13.5. The number of hydrogen-bond donors (Lipinski definition) is 1. The molecule has 0 aliphatic heterocycles. The summed E-state index contributed by atoms with van der Waals surface area (Å²) in [7, 11) is 2.28. The molecule has 1 heterocycles. The first-order valence-corrected chi connectivity index (χ1v) is 7.63. The Bertz CT molecular complexity index is 372. The highest BCUT2D eigenvalue weighted by Gasteiger charge is 2.17. The fraction of sp³-hybridized carbons (Fsp3) is 0.688. The first-order valence-electron chi connectivity index (χ1n) is 7.63. The van der Waals surface area contributed by atoms with E-state index in [1.165, 1.54) is 45.1 Å². The molecular formula is C16H27N3. The molecule has 1 N–H and O–H groups in total. The van der Waals surface area contributed by atoms with Crippen LogP contribution in [-0.4, -0.2) is 36.1 Å². The standard InChI is InChI=1S/C16H27N3/c1-14-8-6-11-16(18-14)17-12-7-13-19(2)15-9-4-3-5-10-15/h6,8,11,15H,3-5,7,9-10,12-13H2,1-2H3,(H,17,18).